The van der Waals surface area contributed by atoms with Gasteiger partial charge in [-0.05, 0) is 42.2 Å². The van der Waals surface area contributed by atoms with E-state index in [4.69, 9.17) is 9.73 Å². The predicted molar refractivity (Wildman–Crippen MR) is 106 cm³/mol. The first-order valence-electron chi connectivity index (χ1n) is 9.14. The van der Waals surface area contributed by atoms with E-state index in [0.29, 0.717) is 0 Å². The molecule has 0 aromatic heterocycles. The summed E-state index contributed by atoms with van der Waals surface area (Å²) in [4.78, 5) is 7.18. The Morgan fingerprint density at radius 2 is 1.58 bits per heavy atom. The molecule has 0 amide bonds. The SMILES string of the molecule is CN(C)C1=CC=C(C2N=C(c3ccccc3)OC2c2ccccc2)CC1. The number of aliphatic imine (C=N–C) groups is 1. The minimum Gasteiger partial charge on any atom is -0.467 e. The van der Waals surface area contributed by atoms with Gasteiger partial charge in [0, 0.05) is 25.4 Å². The van der Waals surface area contributed by atoms with E-state index >= 15 is 0 Å². The van der Waals surface area contributed by atoms with Crippen LogP contribution in [0.25, 0.3) is 0 Å². The van der Waals surface area contributed by atoms with Crippen molar-refractivity contribution < 1.29 is 4.74 Å². The fourth-order valence-electron chi connectivity index (χ4n) is 3.56. The molecule has 2 aromatic rings. The average molecular weight is 344 g/mol. The molecule has 0 saturated heterocycles. The van der Waals surface area contributed by atoms with Gasteiger partial charge in [0.2, 0.25) is 5.90 Å². The summed E-state index contributed by atoms with van der Waals surface area (Å²) < 4.78 is 6.35. The lowest BCUT2D eigenvalue weighted by Crippen LogP contribution is -2.20. The molecule has 0 bridgehead atoms. The van der Waals surface area contributed by atoms with Crippen molar-refractivity contribution in [2.75, 3.05) is 14.1 Å². The summed E-state index contributed by atoms with van der Waals surface area (Å²) in [5, 5.41) is 0. The van der Waals surface area contributed by atoms with E-state index in [1.165, 1.54) is 16.8 Å². The van der Waals surface area contributed by atoms with Gasteiger partial charge in [-0.15, -0.1) is 0 Å². The van der Waals surface area contributed by atoms with E-state index in [1.807, 2.05) is 24.3 Å². The van der Waals surface area contributed by atoms with E-state index in [0.717, 1.165) is 24.3 Å². The molecule has 1 heterocycles. The lowest BCUT2D eigenvalue weighted by Gasteiger charge is -2.25. The van der Waals surface area contributed by atoms with Gasteiger partial charge in [-0.25, -0.2) is 4.99 Å². The summed E-state index contributed by atoms with van der Waals surface area (Å²) in [7, 11) is 4.20. The largest absolute Gasteiger partial charge is 0.467 e. The smallest absolute Gasteiger partial charge is 0.217 e. The van der Waals surface area contributed by atoms with Gasteiger partial charge in [-0.2, -0.15) is 0 Å². The van der Waals surface area contributed by atoms with Crippen LogP contribution in [0.3, 0.4) is 0 Å². The first kappa shape index (κ1) is 16.6. The monoisotopic (exact) mass is 344 g/mol. The number of benzene rings is 2. The Bertz CT molecular complexity index is 850. The maximum absolute atomic E-state index is 6.35. The number of hydrogen-bond donors (Lipinski definition) is 0. The first-order chi connectivity index (χ1) is 12.7. The highest BCUT2D eigenvalue weighted by Gasteiger charge is 2.35. The quantitative estimate of drug-likeness (QED) is 0.800. The molecule has 1 aliphatic carbocycles. The molecule has 1 aliphatic heterocycles. The third-order valence-corrected chi connectivity index (χ3v) is 5.04. The summed E-state index contributed by atoms with van der Waals surface area (Å²) in [6.07, 6.45) is 6.46. The van der Waals surface area contributed by atoms with Crippen molar-refractivity contribution in [3.63, 3.8) is 0 Å². The Morgan fingerprint density at radius 1 is 0.885 bits per heavy atom. The second-order valence-electron chi connectivity index (χ2n) is 6.99. The summed E-state index contributed by atoms with van der Waals surface area (Å²) in [6, 6.07) is 20.7. The third-order valence-electron chi connectivity index (χ3n) is 5.04. The van der Waals surface area contributed by atoms with Gasteiger partial charge in [-0.1, -0.05) is 54.6 Å². The van der Waals surface area contributed by atoms with Gasteiger partial charge in [0.05, 0.1) is 0 Å². The van der Waals surface area contributed by atoms with Gasteiger partial charge < -0.3 is 9.64 Å². The lowest BCUT2D eigenvalue weighted by atomic mass is 9.90. The van der Waals surface area contributed by atoms with Crippen molar-refractivity contribution in [3.05, 3.63) is 95.2 Å². The zero-order valence-corrected chi connectivity index (χ0v) is 15.3. The highest BCUT2D eigenvalue weighted by molar-refractivity contribution is 5.95. The molecule has 3 heteroatoms. The predicted octanol–water partition coefficient (Wildman–Crippen LogP) is 4.74. The third kappa shape index (κ3) is 3.30. The highest BCUT2D eigenvalue weighted by Crippen LogP contribution is 2.38. The van der Waals surface area contributed by atoms with Gasteiger partial charge in [0.25, 0.3) is 0 Å². The number of rotatable bonds is 4. The van der Waals surface area contributed by atoms with Crippen molar-refractivity contribution in [2.24, 2.45) is 4.99 Å². The summed E-state index contributed by atoms with van der Waals surface area (Å²) in [5.41, 5.74) is 4.92. The lowest BCUT2D eigenvalue weighted by molar-refractivity contribution is 0.205. The van der Waals surface area contributed by atoms with Crippen molar-refractivity contribution in [2.45, 2.75) is 25.0 Å². The molecular weight excluding hydrogens is 320 g/mol. The minimum absolute atomic E-state index is 0.0348. The van der Waals surface area contributed by atoms with E-state index in [9.17, 15) is 0 Å². The normalized spacial score (nSPS) is 22.2. The van der Waals surface area contributed by atoms with Crippen LogP contribution in [0.15, 0.2) is 89.1 Å². The Hall–Kier alpha value is -2.81. The summed E-state index contributed by atoms with van der Waals surface area (Å²) >= 11 is 0. The van der Waals surface area contributed by atoms with E-state index < -0.39 is 0 Å². The summed E-state index contributed by atoms with van der Waals surface area (Å²) in [6.45, 7) is 0. The molecule has 2 aliphatic rings. The summed E-state index contributed by atoms with van der Waals surface area (Å²) in [5.74, 6) is 0.743. The van der Waals surface area contributed by atoms with Crippen molar-refractivity contribution in [3.8, 4) is 0 Å². The molecule has 0 radical (unpaired) electrons. The molecule has 2 atom stereocenters. The van der Waals surface area contributed by atoms with Crippen LogP contribution in [0.1, 0.15) is 30.1 Å². The van der Waals surface area contributed by atoms with Gasteiger partial charge in [0.1, 0.15) is 6.04 Å². The van der Waals surface area contributed by atoms with Crippen LogP contribution in [0.4, 0.5) is 0 Å². The Morgan fingerprint density at radius 3 is 2.19 bits per heavy atom. The second-order valence-corrected chi connectivity index (χ2v) is 6.99. The number of nitrogens with zero attached hydrogens (tertiary/aromatic N) is 2. The molecule has 0 spiro atoms. The Kier molecular flexibility index (Phi) is 4.61. The van der Waals surface area contributed by atoms with Crippen LogP contribution in [0, 0.1) is 0 Å². The van der Waals surface area contributed by atoms with E-state index in [-0.39, 0.29) is 12.1 Å². The van der Waals surface area contributed by atoms with Gasteiger partial charge >= 0.3 is 0 Å². The Balaban J connectivity index is 1.69. The van der Waals surface area contributed by atoms with E-state index in [2.05, 4.69) is 67.5 Å². The standard InChI is InChI=1S/C23H24N2O/c1-25(2)20-15-13-17(14-16-20)21-22(18-9-5-3-6-10-18)26-23(24-21)19-11-7-4-8-12-19/h3-13,15,21-22H,14,16H2,1-2H3. The average Bonchev–Trinajstić information content (AvgIpc) is 3.15. The molecule has 0 saturated carbocycles. The van der Waals surface area contributed by atoms with Crippen LogP contribution in [-0.4, -0.2) is 30.9 Å². The molecule has 132 valence electrons. The fraction of sp³-hybridized carbons (Fsp3) is 0.261. The molecule has 0 fully saturated rings. The zero-order valence-electron chi connectivity index (χ0n) is 15.3. The molecule has 3 nitrogen and oxygen atoms in total. The molecule has 4 rings (SSSR count). The van der Waals surface area contributed by atoms with E-state index in [1.54, 1.807) is 0 Å². The van der Waals surface area contributed by atoms with Gasteiger partial charge in [0.15, 0.2) is 6.10 Å². The minimum atomic E-state index is -0.0630. The van der Waals surface area contributed by atoms with Crippen LogP contribution >= 0.6 is 0 Å². The first-order valence-corrected chi connectivity index (χ1v) is 9.14. The van der Waals surface area contributed by atoms with Crippen LogP contribution in [0.5, 0.6) is 0 Å². The topological polar surface area (TPSA) is 24.8 Å². The zero-order chi connectivity index (χ0) is 17.9. The maximum Gasteiger partial charge on any atom is 0.217 e. The van der Waals surface area contributed by atoms with Crippen molar-refractivity contribution >= 4 is 5.90 Å². The fourth-order valence-corrected chi connectivity index (χ4v) is 3.56. The van der Waals surface area contributed by atoms with Gasteiger partial charge in [-0.3, -0.25) is 0 Å². The Labute approximate surface area is 155 Å². The maximum atomic E-state index is 6.35. The molecule has 0 N–H and O–H groups in total. The van der Waals surface area contributed by atoms with Crippen LogP contribution in [0.2, 0.25) is 0 Å². The van der Waals surface area contributed by atoms with Crippen LogP contribution in [-0.2, 0) is 4.74 Å². The molecule has 2 aromatic carbocycles. The number of hydrogen-bond acceptors (Lipinski definition) is 3. The second kappa shape index (κ2) is 7.20. The molecule has 2 unspecified atom stereocenters. The van der Waals surface area contributed by atoms with Crippen molar-refractivity contribution in [1.29, 1.82) is 0 Å². The number of ether oxygens (including phenoxy) is 1. The molecule has 26 heavy (non-hydrogen) atoms. The van der Waals surface area contributed by atoms with Crippen molar-refractivity contribution in [1.82, 2.24) is 4.90 Å². The van der Waals surface area contributed by atoms with Crippen LogP contribution < -0.4 is 0 Å². The highest BCUT2D eigenvalue weighted by atomic mass is 16.5. The molecular formula is C23H24N2O. The number of allylic oxidation sites excluding steroid dienone is 3.